The summed E-state index contributed by atoms with van der Waals surface area (Å²) >= 11 is 4.25. The predicted molar refractivity (Wildman–Crippen MR) is 61.6 cm³/mol. The summed E-state index contributed by atoms with van der Waals surface area (Å²) in [5, 5.41) is 0. The molecule has 0 atom stereocenters. The van der Waals surface area contributed by atoms with Crippen molar-refractivity contribution in [1.29, 1.82) is 0 Å². The molecule has 1 rings (SSSR count). The number of thiol groups is 1. The summed E-state index contributed by atoms with van der Waals surface area (Å²) in [4.78, 5) is 5.07. The molecule has 0 unspecified atom stereocenters. The van der Waals surface area contributed by atoms with Crippen LogP contribution in [0.5, 0.6) is 0 Å². The zero-order valence-electron chi connectivity index (χ0n) is 8.87. The van der Waals surface area contributed by atoms with Crippen molar-refractivity contribution in [3.05, 3.63) is 0 Å². The predicted octanol–water partition coefficient (Wildman–Crippen LogP) is 1.19. The van der Waals surface area contributed by atoms with E-state index in [1.165, 1.54) is 32.7 Å². The first-order valence-electron chi connectivity index (χ1n) is 5.28. The minimum Gasteiger partial charge on any atom is -0.301 e. The Hall–Kier alpha value is 0.270. The Morgan fingerprint density at radius 3 is 2.08 bits per heavy atom. The second-order valence-corrected chi connectivity index (χ2v) is 4.71. The van der Waals surface area contributed by atoms with Gasteiger partial charge in [0, 0.05) is 45.0 Å². The van der Waals surface area contributed by atoms with Crippen LogP contribution in [-0.2, 0) is 0 Å². The normalized spacial score (nSPS) is 21.2. The lowest BCUT2D eigenvalue weighted by molar-refractivity contribution is 0.127. The van der Waals surface area contributed by atoms with Gasteiger partial charge in [0.15, 0.2) is 0 Å². The molecule has 1 aliphatic heterocycles. The summed E-state index contributed by atoms with van der Waals surface area (Å²) in [6.45, 7) is 11.9. The highest BCUT2D eigenvalue weighted by Crippen LogP contribution is 2.04. The van der Waals surface area contributed by atoms with Gasteiger partial charge in [-0.05, 0) is 5.92 Å². The largest absolute Gasteiger partial charge is 0.301 e. The van der Waals surface area contributed by atoms with Crippen LogP contribution in [0.3, 0.4) is 0 Å². The zero-order valence-corrected chi connectivity index (χ0v) is 9.76. The van der Waals surface area contributed by atoms with Crippen LogP contribution in [0.4, 0.5) is 0 Å². The molecule has 2 nitrogen and oxygen atoms in total. The molecule has 0 spiro atoms. The van der Waals surface area contributed by atoms with Gasteiger partial charge >= 0.3 is 0 Å². The summed E-state index contributed by atoms with van der Waals surface area (Å²) in [6, 6.07) is 0. The fourth-order valence-electron chi connectivity index (χ4n) is 1.85. The number of hydrogen-bond acceptors (Lipinski definition) is 3. The molecule has 0 aromatic heterocycles. The van der Waals surface area contributed by atoms with Gasteiger partial charge in [-0.2, -0.15) is 12.6 Å². The Kier molecular flexibility index (Phi) is 5.14. The van der Waals surface area contributed by atoms with E-state index in [-0.39, 0.29) is 0 Å². The minimum absolute atomic E-state index is 0.802. The number of nitrogens with zero attached hydrogens (tertiary/aromatic N) is 2. The van der Waals surface area contributed by atoms with Crippen molar-refractivity contribution in [2.24, 2.45) is 5.92 Å². The number of rotatable bonds is 4. The summed E-state index contributed by atoms with van der Waals surface area (Å²) in [5.41, 5.74) is 0. The topological polar surface area (TPSA) is 6.48 Å². The summed E-state index contributed by atoms with van der Waals surface area (Å²) < 4.78 is 0. The molecule has 0 aromatic rings. The first-order chi connectivity index (χ1) is 6.22. The Morgan fingerprint density at radius 2 is 1.62 bits per heavy atom. The Labute approximate surface area is 87.7 Å². The van der Waals surface area contributed by atoms with Crippen LogP contribution in [0.2, 0.25) is 0 Å². The molecule has 3 heteroatoms. The van der Waals surface area contributed by atoms with Gasteiger partial charge in [-0.3, -0.25) is 4.90 Å². The first kappa shape index (κ1) is 11.3. The van der Waals surface area contributed by atoms with E-state index >= 15 is 0 Å². The third kappa shape index (κ3) is 4.34. The van der Waals surface area contributed by atoms with E-state index in [1.807, 2.05) is 0 Å². The molecule has 0 saturated carbocycles. The lowest BCUT2D eigenvalue weighted by atomic mass is 10.2. The van der Waals surface area contributed by atoms with Gasteiger partial charge in [0.25, 0.3) is 0 Å². The van der Waals surface area contributed by atoms with Gasteiger partial charge in [0.2, 0.25) is 0 Å². The molecule has 0 aromatic carbocycles. The van der Waals surface area contributed by atoms with Crippen molar-refractivity contribution in [1.82, 2.24) is 9.80 Å². The van der Waals surface area contributed by atoms with E-state index in [0.717, 1.165) is 18.2 Å². The van der Waals surface area contributed by atoms with Crippen LogP contribution < -0.4 is 0 Å². The minimum atomic E-state index is 0.802. The van der Waals surface area contributed by atoms with Crippen LogP contribution in [0, 0.1) is 5.92 Å². The third-order valence-electron chi connectivity index (χ3n) is 2.50. The summed E-state index contributed by atoms with van der Waals surface area (Å²) in [6.07, 6.45) is 0. The third-order valence-corrected chi connectivity index (χ3v) is 2.70. The Balaban J connectivity index is 2.15. The summed E-state index contributed by atoms with van der Waals surface area (Å²) in [5.74, 6) is 1.79. The van der Waals surface area contributed by atoms with Crippen molar-refractivity contribution in [2.75, 3.05) is 45.0 Å². The van der Waals surface area contributed by atoms with Crippen LogP contribution in [0.25, 0.3) is 0 Å². The van der Waals surface area contributed by atoms with E-state index in [1.54, 1.807) is 0 Å². The SMILES string of the molecule is CC(C)CN1CCN(CCS)CC1. The highest BCUT2D eigenvalue weighted by atomic mass is 32.1. The quantitative estimate of drug-likeness (QED) is 0.684. The molecule has 1 heterocycles. The standard InChI is InChI=1S/C10H22N2S/c1-10(2)9-12-5-3-11(4-6-12)7-8-13/h10,13H,3-9H2,1-2H3. The Bertz CT molecular complexity index is 131. The lowest BCUT2D eigenvalue weighted by Crippen LogP contribution is -2.47. The van der Waals surface area contributed by atoms with Gasteiger partial charge in [0.05, 0.1) is 0 Å². The molecular weight excluding hydrogens is 180 g/mol. The second kappa shape index (κ2) is 5.89. The molecule has 0 N–H and O–H groups in total. The average molecular weight is 202 g/mol. The van der Waals surface area contributed by atoms with Crippen molar-refractivity contribution in [3.8, 4) is 0 Å². The molecule has 1 aliphatic rings. The van der Waals surface area contributed by atoms with Crippen molar-refractivity contribution in [2.45, 2.75) is 13.8 Å². The maximum Gasteiger partial charge on any atom is 0.0110 e. The van der Waals surface area contributed by atoms with E-state index < -0.39 is 0 Å². The number of hydrogen-bond donors (Lipinski definition) is 1. The molecule has 13 heavy (non-hydrogen) atoms. The molecule has 0 radical (unpaired) electrons. The number of piperazine rings is 1. The first-order valence-corrected chi connectivity index (χ1v) is 5.91. The molecular formula is C10H22N2S. The van der Waals surface area contributed by atoms with Crippen molar-refractivity contribution >= 4 is 12.6 Å². The molecule has 1 saturated heterocycles. The van der Waals surface area contributed by atoms with E-state index in [0.29, 0.717) is 0 Å². The van der Waals surface area contributed by atoms with Crippen molar-refractivity contribution < 1.29 is 0 Å². The molecule has 78 valence electrons. The smallest absolute Gasteiger partial charge is 0.0110 e. The van der Waals surface area contributed by atoms with Crippen LogP contribution in [-0.4, -0.2) is 54.8 Å². The molecule has 0 aliphatic carbocycles. The second-order valence-electron chi connectivity index (χ2n) is 4.26. The van der Waals surface area contributed by atoms with E-state index in [4.69, 9.17) is 0 Å². The lowest BCUT2D eigenvalue weighted by Gasteiger charge is -2.35. The molecule has 1 fully saturated rings. The van der Waals surface area contributed by atoms with Crippen LogP contribution in [0.15, 0.2) is 0 Å². The van der Waals surface area contributed by atoms with Gasteiger partial charge in [-0.25, -0.2) is 0 Å². The van der Waals surface area contributed by atoms with E-state index in [9.17, 15) is 0 Å². The van der Waals surface area contributed by atoms with Gasteiger partial charge in [0.1, 0.15) is 0 Å². The summed E-state index contributed by atoms with van der Waals surface area (Å²) in [7, 11) is 0. The molecule has 0 bridgehead atoms. The fraction of sp³-hybridized carbons (Fsp3) is 1.00. The van der Waals surface area contributed by atoms with Crippen LogP contribution in [0.1, 0.15) is 13.8 Å². The van der Waals surface area contributed by atoms with Gasteiger partial charge in [-0.15, -0.1) is 0 Å². The zero-order chi connectivity index (χ0) is 9.68. The fourth-order valence-corrected chi connectivity index (χ4v) is 2.14. The average Bonchev–Trinajstić information content (AvgIpc) is 2.08. The highest BCUT2D eigenvalue weighted by molar-refractivity contribution is 7.80. The van der Waals surface area contributed by atoms with Gasteiger partial charge in [-0.1, -0.05) is 13.8 Å². The van der Waals surface area contributed by atoms with Gasteiger partial charge < -0.3 is 4.90 Å². The van der Waals surface area contributed by atoms with E-state index in [2.05, 4.69) is 36.3 Å². The maximum atomic E-state index is 4.25. The monoisotopic (exact) mass is 202 g/mol. The van der Waals surface area contributed by atoms with Crippen LogP contribution >= 0.6 is 12.6 Å². The van der Waals surface area contributed by atoms with Crippen molar-refractivity contribution in [3.63, 3.8) is 0 Å². The maximum absolute atomic E-state index is 4.25. The highest BCUT2D eigenvalue weighted by Gasteiger charge is 2.16. The molecule has 0 amide bonds. The Morgan fingerprint density at radius 1 is 1.08 bits per heavy atom.